The molecule has 0 unspecified atom stereocenters. The van der Waals surface area contributed by atoms with Crippen LogP contribution in [0.3, 0.4) is 0 Å². The summed E-state index contributed by atoms with van der Waals surface area (Å²) in [5, 5.41) is 12.5. The van der Waals surface area contributed by atoms with Gasteiger partial charge in [0, 0.05) is 6.20 Å². The van der Waals surface area contributed by atoms with Crippen LogP contribution in [0.25, 0.3) is 0 Å². The second-order valence-electron chi connectivity index (χ2n) is 3.61. The van der Waals surface area contributed by atoms with Crippen molar-refractivity contribution in [2.45, 2.75) is 6.92 Å². The van der Waals surface area contributed by atoms with Crippen LogP contribution in [0.2, 0.25) is 5.02 Å². The molecule has 1 N–H and O–H groups in total. The Morgan fingerprint density at radius 1 is 1.29 bits per heavy atom. The normalized spacial score (nSPS) is 9.71. The van der Waals surface area contributed by atoms with Gasteiger partial charge in [-0.25, -0.2) is 4.98 Å². The van der Waals surface area contributed by atoms with Crippen LogP contribution < -0.4 is 5.32 Å². The number of benzene rings is 1. The highest BCUT2D eigenvalue weighted by Gasteiger charge is 2.03. The van der Waals surface area contributed by atoms with Crippen molar-refractivity contribution in [1.29, 1.82) is 5.26 Å². The molecule has 1 aromatic carbocycles. The third-order valence-electron chi connectivity index (χ3n) is 2.35. The van der Waals surface area contributed by atoms with Crippen LogP contribution >= 0.6 is 11.6 Å². The number of aryl methyl sites for hydroxylation is 1. The molecule has 84 valence electrons. The zero-order chi connectivity index (χ0) is 12.3. The molecule has 0 aliphatic carbocycles. The average molecular weight is 244 g/mol. The zero-order valence-corrected chi connectivity index (χ0v) is 9.99. The molecule has 0 amide bonds. The third-order valence-corrected chi connectivity index (χ3v) is 2.85. The summed E-state index contributed by atoms with van der Waals surface area (Å²) in [5.41, 5.74) is 2.35. The number of rotatable bonds is 2. The predicted octanol–water partition coefficient (Wildman–Crippen LogP) is 3.66. The van der Waals surface area contributed by atoms with Gasteiger partial charge >= 0.3 is 0 Å². The molecule has 0 saturated carbocycles. The summed E-state index contributed by atoms with van der Waals surface area (Å²) in [4.78, 5) is 4.12. The Hall–Kier alpha value is -2.05. The minimum Gasteiger partial charge on any atom is -0.339 e. The number of hydrogen-bond acceptors (Lipinski definition) is 3. The van der Waals surface area contributed by atoms with Crippen LogP contribution in [0.1, 0.15) is 11.1 Å². The fourth-order valence-electron chi connectivity index (χ4n) is 1.42. The first kappa shape index (κ1) is 11.4. The van der Waals surface area contributed by atoms with Gasteiger partial charge in [0.05, 0.1) is 16.3 Å². The van der Waals surface area contributed by atoms with Gasteiger partial charge in [0.2, 0.25) is 0 Å². The Kier molecular flexibility index (Phi) is 3.27. The van der Waals surface area contributed by atoms with Crippen LogP contribution in [0.4, 0.5) is 11.5 Å². The van der Waals surface area contributed by atoms with Crippen LogP contribution in [0.5, 0.6) is 0 Å². The van der Waals surface area contributed by atoms with E-state index in [4.69, 9.17) is 16.9 Å². The van der Waals surface area contributed by atoms with E-state index in [0.717, 1.165) is 11.3 Å². The maximum Gasteiger partial charge on any atom is 0.130 e. The first-order valence-electron chi connectivity index (χ1n) is 5.09. The number of nitrogens with one attached hydrogen (secondary N) is 1. The van der Waals surface area contributed by atoms with Crippen molar-refractivity contribution in [2.75, 3.05) is 5.32 Å². The highest BCUT2D eigenvalue weighted by molar-refractivity contribution is 6.34. The molecule has 1 heterocycles. The first-order valence-corrected chi connectivity index (χ1v) is 5.47. The van der Waals surface area contributed by atoms with Gasteiger partial charge in [-0.2, -0.15) is 5.26 Å². The molecule has 0 fully saturated rings. The van der Waals surface area contributed by atoms with Crippen molar-refractivity contribution >= 4 is 23.1 Å². The van der Waals surface area contributed by atoms with Crippen molar-refractivity contribution in [2.24, 2.45) is 0 Å². The molecule has 3 nitrogen and oxygen atoms in total. The van der Waals surface area contributed by atoms with Crippen LogP contribution in [-0.2, 0) is 0 Å². The molecule has 0 spiro atoms. The van der Waals surface area contributed by atoms with Crippen molar-refractivity contribution in [3.8, 4) is 6.07 Å². The number of pyridine rings is 1. The Balaban J connectivity index is 2.26. The van der Waals surface area contributed by atoms with Crippen molar-refractivity contribution in [3.63, 3.8) is 0 Å². The summed E-state index contributed by atoms with van der Waals surface area (Å²) in [5.74, 6) is 0.663. The summed E-state index contributed by atoms with van der Waals surface area (Å²) in [6.07, 6.45) is 1.52. The molecule has 0 aliphatic heterocycles. The van der Waals surface area contributed by atoms with Gasteiger partial charge in [-0.1, -0.05) is 23.7 Å². The van der Waals surface area contributed by atoms with E-state index < -0.39 is 0 Å². The van der Waals surface area contributed by atoms with E-state index in [1.165, 1.54) is 6.20 Å². The molecule has 0 saturated heterocycles. The monoisotopic (exact) mass is 243 g/mol. The zero-order valence-electron chi connectivity index (χ0n) is 9.24. The molecule has 1 aromatic heterocycles. The van der Waals surface area contributed by atoms with E-state index >= 15 is 0 Å². The van der Waals surface area contributed by atoms with Gasteiger partial charge in [-0.3, -0.25) is 0 Å². The second kappa shape index (κ2) is 4.86. The largest absolute Gasteiger partial charge is 0.339 e. The van der Waals surface area contributed by atoms with Crippen LogP contribution in [0.15, 0.2) is 36.5 Å². The fourth-order valence-corrected chi connectivity index (χ4v) is 1.59. The summed E-state index contributed by atoms with van der Waals surface area (Å²) in [7, 11) is 0. The van der Waals surface area contributed by atoms with Crippen molar-refractivity contribution in [1.82, 2.24) is 4.98 Å². The Labute approximate surface area is 105 Å². The minimum absolute atomic E-state index is 0.533. The molecular weight excluding hydrogens is 234 g/mol. The third kappa shape index (κ3) is 2.55. The van der Waals surface area contributed by atoms with E-state index in [9.17, 15) is 0 Å². The van der Waals surface area contributed by atoms with Gasteiger partial charge in [-0.05, 0) is 30.7 Å². The van der Waals surface area contributed by atoms with Gasteiger partial charge in [-0.15, -0.1) is 0 Å². The number of halogens is 1. The SMILES string of the molecule is Cc1cccc(Nc2ccc(C#N)cn2)c1Cl. The molecule has 4 heteroatoms. The summed E-state index contributed by atoms with van der Waals surface area (Å²) >= 11 is 6.16. The van der Waals surface area contributed by atoms with Gasteiger partial charge in [0.15, 0.2) is 0 Å². The highest BCUT2D eigenvalue weighted by Crippen LogP contribution is 2.27. The smallest absolute Gasteiger partial charge is 0.130 e. The lowest BCUT2D eigenvalue weighted by atomic mass is 10.2. The van der Waals surface area contributed by atoms with E-state index in [1.54, 1.807) is 12.1 Å². The first-order chi connectivity index (χ1) is 8.20. The fraction of sp³-hybridized carbons (Fsp3) is 0.0769. The molecule has 2 aromatic rings. The number of anilines is 2. The molecule has 2 rings (SSSR count). The lowest BCUT2D eigenvalue weighted by Gasteiger charge is -2.08. The lowest BCUT2D eigenvalue weighted by molar-refractivity contribution is 1.28. The number of nitrogens with zero attached hydrogens (tertiary/aromatic N) is 2. The van der Waals surface area contributed by atoms with Crippen molar-refractivity contribution < 1.29 is 0 Å². The summed E-state index contributed by atoms with van der Waals surface area (Å²) < 4.78 is 0. The molecule has 0 radical (unpaired) electrons. The average Bonchev–Trinajstić information content (AvgIpc) is 2.36. The topological polar surface area (TPSA) is 48.7 Å². The van der Waals surface area contributed by atoms with E-state index in [-0.39, 0.29) is 0 Å². The summed E-state index contributed by atoms with van der Waals surface area (Å²) in [6, 6.07) is 11.2. The summed E-state index contributed by atoms with van der Waals surface area (Å²) in [6.45, 7) is 1.94. The number of aromatic nitrogens is 1. The number of hydrogen-bond donors (Lipinski definition) is 1. The van der Waals surface area contributed by atoms with E-state index in [1.807, 2.05) is 31.2 Å². The van der Waals surface area contributed by atoms with E-state index in [0.29, 0.717) is 16.4 Å². The second-order valence-corrected chi connectivity index (χ2v) is 3.98. The maximum atomic E-state index is 8.67. The molecule has 17 heavy (non-hydrogen) atoms. The van der Waals surface area contributed by atoms with Gasteiger partial charge in [0.25, 0.3) is 0 Å². The quantitative estimate of drug-likeness (QED) is 0.876. The lowest BCUT2D eigenvalue weighted by Crippen LogP contribution is -1.95. The minimum atomic E-state index is 0.533. The van der Waals surface area contributed by atoms with Gasteiger partial charge < -0.3 is 5.32 Å². The highest BCUT2D eigenvalue weighted by atomic mass is 35.5. The van der Waals surface area contributed by atoms with Gasteiger partial charge in [0.1, 0.15) is 11.9 Å². The van der Waals surface area contributed by atoms with Crippen LogP contribution in [-0.4, -0.2) is 4.98 Å². The molecule has 0 aliphatic rings. The predicted molar refractivity (Wildman–Crippen MR) is 68.4 cm³/mol. The molecule has 0 bridgehead atoms. The Morgan fingerprint density at radius 3 is 2.76 bits per heavy atom. The van der Waals surface area contributed by atoms with Crippen molar-refractivity contribution in [3.05, 3.63) is 52.7 Å². The maximum absolute atomic E-state index is 8.67. The molecule has 0 atom stereocenters. The Morgan fingerprint density at radius 2 is 2.12 bits per heavy atom. The van der Waals surface area contributed by atoms with E-state index in [2.05, 4.69) is 10.3 Å². The standard InChI is InChI=1S/C13H10ClN3/c1-9-3-2-4-11(13(9)14)17-12-6-5-10(7-15)8-16-12/h2-6,8H,1H3,(H,16,17). The van der Waals surface area contributed by atoms with Crippen LogP contribution in [0, 0.1) is 18.3 Å². The molecular formula is C13H10ClN3. The Bertz CT molecular complexity index is 570. The number of nitriles is 1.